The van der Waals surface area contributed by atoms with E-state index in [9.17, 15) is 9.59 Å². The number of amides is 1. The van der Waals surface area contributed by atoms with E-state index in [1.54, 1.807) is 4.90 Å². The highest BCUT2D eigenvalue weighted by molar-refractivity contribution is 5.92. The molecule has 3 nitrogen and oxygen atoms in total. The summed E-state index contributed by atoms with van der Waals surface area (Å²) < 4.78 is 0. The van der Waals surface area contributed by atoms with Crippen LogP contribution in [0.2, 0.25) is 0 Å². The summed E-state index contributed by atoms with van der Waals surface area (Å²) in [6.07, 6.45) is 1.97. The van der Waals surface area contributed by atoms with Crippen molar-refractivity contribution < 1.29 is 9.59 Å². The first kappa shape index (κ1) is 13.9. The van der Waals surface area contributed by atoms with E-state index < -0.39 is 0 Å². The van der Waals surface area contributed by atoms with Crippen molar-refractivity contribution in [3.8, 4) is 0 Å². The van der Waals surface area contributed by atoms with Gasteiger partial charge in [-0.25, -0.2) is 0 Å². The van der Waals surface area contributed by atoms with E-state index in [4.69, 9.17) is 0 Å². The molecule has 1 unspecified atom stereocenters. The molecule has 0 aliphatic heterocycles. The van der Waals surface area contributed by atoms with Crippen molar-refractivity contribution in [1.29, 1.82) is 0 Å². The van der Waals surface area contributed by atoms with Gasteiger partial charge in [0.1, 0.15) is 0 Å². The Labute approximate surface area is 92.1 Å². The maximum Gasteiger partial charge on any atom is 0.246 e. The van der Waals surface area contributed by atoms with Crippen molar-refractivity contribution in [2.75, 3.05) is 6.54 Å². The normalized spacial score (nSPS) is 12.3. The van der Waals surface area contributed by atoms with E-state index in [0.29, 0.717) is 18.9 Å². The van der Waals surface area contributed by atoms with Crippen LogP contribution in [0, 0.1) is 5.92 Å². The van der Waals surface area contributed by atoms with E-state index >= 15 is 0 Å². The highest BCUT2D eigenvalue weighted by Gasteiger charge is 2.25. The summed E-state index contributed by atoms with van der Waals surface area (Å²) >= 11 is 0. The molecule has 0 saturated heterocycles. The number of nitrogens with zero attached hydrogens (tertiary/aromatic N) is 1. The first-order valence-electron chi connectivity index (χ1n) is 5.37. The standard InChI is InChI=1S/C12H21NO2/c1-6-12(15)13(7-2)11(10(5)14)8-9(3)4/h6,9,11H,1,7-8H2,2-5H3. The van der Waals surface area contributed by atoms with Crippen LogP contribution in [0.25, 0.3) is 0 Å². The van der Waals surface area contributed by atoms with Crippen LogP contribution in [0.15, 0.2) is 12.7 Å². The van der Waals surface area contributed by atoms with Crippen LogP contribution in [-0.2, 0) is 9.59 Å². The number of ketones is 1. The average molecular weight is 211 g/mol. The molecule has 0 aliphatic carbocycles. The Morgan fingerprint density at radius 3 is 2.20 bits per heavy atom. The zero-order chi connectivity index (χ0) is 12.0. The molecule has 0 aromatic heterocycles. The Morgan fingerprint density at radius 2 is 1.93 bits per heavy atom. The molecule has 0 radical (unpaired) electrons. The van der Waals surface area contributed by atoms with Crippen molar-refractivity contribution in [1.82, 2.24) is 4.90 Å². The molecule has 0 rings (SSSR count). The molecule has 0 aromatic rings. The fraction of sp³-hybridized carbons (Fsp3) is 0.667. The average Bonchev–Trinajstić information content (AvgIpc) is 2.16. The van der Waals surface area contributed by atoms with Crippen molar-refractivity contribution in [2.24, 2.45) is 5.92 Å². The largest absolute Gasteiger partial charge is 0.329 e. The van der Waals surface area contributed by atoms with E-state index in [2.05, 4.69) is 6.58 Å². The van der Waals surface area contributed by atoms with Gasteiger partial charge in [0.2, 0.25) is 5.91 Å². The Balaban J connectivity index is 4.77. The molecule has 0 N–H and O–H groups in total. The van der Waals surface area contributed by atoms with Gasteiger partial charge in [-0.1, -0.05) is 20.4 Å². The monoisotopic (exact) mass is 211 g/mol. The lowest BCUT2D eigenvalue weighted by Crippen LogP contribution is -2.44. The van der Waals surface area contributed by atoms with Crippen molar-refractivity contribution >= 4 is 11.7 Å². The number of Topliss-reactive ketones (excluding diaryl/α,β-unsaturated/α-hetero) is 1. The third kappa shape index (κ3) is 4.28. The molecule has 0 heterocycles. The van der Waals surface area contributed by atoms with Crippen molar-refractivity contribution in [3.63, 3.8) is 0 Å². The summed E-state index contributed by atoms with van der Waals surface area (Å²) in [6, 6.07) is -0.305. The third-order valence-corrected chi connectivity index (χ3v) is 2.34. The Kier molecular flexibility index (Phi) is 5.90. The van der Waals surface area contributed by atoms with Gasteiger partial charge in [0, 0.05) is 6.54 Å². The zero-order valence-corrected chi connectivity index (χ0v) is 10.1. The fourth-order valence-corrected chi connectivity index (χ4v) is 1.61. The molecule has 86 valence electrons. The van der Waals surface area contributed by atoms with Crippen LogP contribution in [0.1, 0.15) is 34.1 Å². The molecule has 1 amide bonds. The minimum atomic E-state index is -0.305. The lowest BCUT2D eigenvalue weighted by Gasteiger charge is -2.29. The number of carbonyl (C=O) groups is 2. The maximum absolute atomic E-state index is 11.5. The number of carbonyl (C=O) groups excluding carboxylic acids is 2. The van der Waals surface area contributed by atoms with Crippen LogP contribution < -0.4 is 0 Å². The third-order valence-electron chi connectivity index (χ3n) is 2.34. The first-order chi connectivity index (χ1) is 6.93. The summed E-state index contributed by atoms with van der Waals surface area (Å²) in [5.74, 6) is 0.268. The summed E-state index contributed by atoms with van der Waals surface area (Å²) in [6.45, 7) is 11.5. The van der Waals surface area contributed by atoms with Crippen LogP contribution in [0.5, 0.6) is 0 Å². The minimum Gasteiger partial charge on any atom is -0.329 e. The first-order valence-corrected chi connectivity index (χ1v) is 5.37. The van der Waals surface area contributed by atoms with Crippen LogP contribution in [0.3, 0.4) is 0 Å². The summed E-state index contributed by atoms with van der Waals surface area (Å²) in [5, 5.41) is 0. The van der Waals surface area contributed by atoms with Crippen LogP contribution >= 0.6 is 0 Å². The maximum atomic E-state index is 11.5. The van der Waals surface area contributed by atoms with Gasteiger partial charge in [-0.05, 0) is 32.3 Å². The topological polar surface area (TPSA) is 37.4 Å². The van der Waals surface area contributed by atoms with Gasteiger partial charge in [0.15, 0.2) is 5.78 Å². The number of hydrogen-bond acceptors (Lipinski definition) is 2. The molecule has 0 spiro atoms. The number of likely N-dealkylation sites (N-methyl/N-ethyl adjacent to an activating group) is 1. The Hall–Kier alpha value is -1.12. The van der Waals surface area contributed by atoms with Gasteiger partial charge in [-0.2, -0.15) is 0 Å². The zero-order valence-electron chi connectivity index (χ0n) is 10.1. The molecule has 0 saturated carbocycles. The van der Waals surface area contributed by atoms with Crippen LogP contribution in [-0.4, -0.2) is 29.2 Å². The lowest BCUT2D eigenvalue weighted by molar-refractivity contribution is -0.135. The van der Waals surface area contributed by atoms with Gasteiger partial charge >= 0.3 is 0 Å². The summed E-state index contributed by atoms with van der Waals surface area (Å²) in [7, 11) is 0. The van der Waals surface area contributed by atoms with Gasteiger partial charge in [-0.15, -0.1) is 0 Å². The predicted molar refractivity (Wildman–Crippen MR) is 61.5 cm³/mol. The van der Waals surface area contributed by atoms with Crippen molar-refractivity contribution in [3.05, 3.63) is 12.7 Å². The Bertz CT molecular complexity index is 246. The fourth-order valence-electron chi connectivity index (χ4n) is 1.61. The smallest absolute Gasteiger partial charge is 0.246 e. The molecule has 0 fully saturated rings. The van der Waals surface area contributed by atoms with E-state index in [-0.39, 0.29) is 17.7 Å². The second-order valence-corrected chi connectivity index (χ2v) is 4.08. The van der Waals surface area contributed by atoms with Crippen molar-refractivity contribution in [2.45, 2.75) is 40.2 Å². The molecular formula is C12H21NO2. The lowest BCUT2D eigenvalue weighted by atomic mass is 9.99. The van der Waals surface area contributed by atoms with Crippen LogP contribution in [0.4, 0.5) is 0 Å². The quantitative estimate of drug-likeness (QED) is 0.630. The molecule has 3 heteroatoms. The molecule has 15 heavy (non-hydrogen) atoms. The highest BCUT2D eigenvalue weighted by atomic mass is 16.2. The van der Waals surface area contributed by atoms with E-state index in [1.807, 2.05) is 20.8 Å². The van der Waals surface area contributed by atoms with Gasteiger partial charge in [0.25, 0.3) is 0 Å². The SMILES string of the molecule is C=CC(=O)N(CC)C(CC(C)C)C(C)=O. The molecule has 1 atom stereocenters. The van der Waals surface area contributed by atoms with E-state index in [0.717, 1.165) is 0 Å². The Morgan fingerprint density at radius 1 is 1.40 bits per heavy atom. The molecule has 0 aliphatic rings. The molecule has 0 aromatic carbocycles. The minimum absolute atomic E-state index is 0.0424. The van der Waals surface area contributed by atoms with Gasteiger partial charge < -0.3 is 4.90 Å². The van der Waals surface area contributed by atoms with Gasteiger partial charge in [-0.3, -0.25) is 9.59 Å². The van der Waals surface area contributed by atoms with Gasteiger partial charge in [0.05, 0.1) is 6.04 Å². The summed E-state index contributed by atoms with van der Waals surface area (Å²) in [4.78, 5) is 24.6. The highest BCUT2D eigenvalue weighted by Crippen LogP contribution is 2.13. The van der Waals surface area contributed by atoms with E-state index in [1.165, 1.54) is 13.0 Å². The second-order valence-electron chi connectivity index (χ2n) is 4.08. The number of hydrogen-bond donors (Lipinski definition) is 0. The number of rotatable bonds is 6. The predicted octanol–water partition coefficient (Wildman–Crippen LogP) is 2.02. The summed E-state index contributed by atoms with van der Waals surface area (Å²) in [5.41, 5.74) is 0. The molecule has 0 bridgehead atoms. The molecular weight excluding hydrogens is 190 g/mol. The second kappa shape index (κ2) is 6.38.